The zero-order chi connectivity index (χ0) is 9.14. The van der Waals surface area contributed by atoms with E-state index < -0.39 is 5.97 Å². The number of carbonyl (C=O) groups is 1. The molecule has 0 saturated heterocycles. The molecule has 1 aromatic carbocycles. The molecule has 0 aliphatic carbocycles. The van der Waals surface area contributed by atoms with Crippen LogP contribution < -0.4 is 5.48 Å². The first-order chi connectivity index (χ1) is 5.65. The third-order valence-corrected chi connectivity index (χ3v) is 1.53. The van der Waals surface area contributed by atoms with Gasteiger partial charge in [-0.2, -0.15) is 0 Å². The Morgan fingerprint density at radius 2 is 2.17 bits per heavy atom. The largest absolute Gasteiger partial charge is 0.478 e. The van der Waals surface area contributed by atoms with Gasteiger partial charge in [-0.15, -0.1) is 0 Å². The van der Waals surface area contributed by atoms with Crippen molar-refractivity contribution in [2.45, 2.75) is 6.92 Å². The average Bonchev–Trinajstić information content (AvgIpc) is 2.04. The van der Waals surface area contributed by atoms with Crippen LogP contribution in [0.25, 0.3) is 0 Å². The van der Waals surface area contributed by atoms with E-state index in [0.717, 1.165) is 5.56 Å². The lowest BCUT2D eigenvalue weighted by molar-refractivity contribution is 0.0697. The normalized spacial score (nSPS) is 9.50. The molecule has 0 aliphatic heterocycles. The third kappa shape index (κ3) is 1.54. The maximum Gasteiger partial charge on any atom is 0.337 e. The molecular formula is C8H9NO3. The van der Waals surface area contributed by atoms with Crippen LogP contribution in [-0.4, -0.2) is 16.3 Å². The van der Waals surface area contributed by atoms with Crippen molar-refractivity contribution < 1.29 is 15.1 Å². The summed E-state index contributed by atoms with van der Waals surface area (Å²) in [5.41, 5.74) is 2.93. The van der Waals surface area contributed by atoms with Crippen LogP contribution in [0.1, 0.15) is 15.9 Å². The fourth-order valence-electron chi connectivity index (χ4n) is 0.933. The first kappa shape index (κ1) is 8.55. The SMILES string of the molecule is Cc1ccc(NO)c(C(=O)O)c1. The molecule has 0 bridgehead atoms. The maximum atomic E-state index is 10.6. The summed E-state index contributed by atoms with van der Waals surface area (Å²) in [5.74, 6) is -1.06. The van der Waals surface area contributed by atoms with Crippen molar-refractivity contribution in [3.05, 3.63) is 29.3 Å². The molecule has 0 aliphatic rings. The second-order valence-corrected chi connectivity index (χ2v) is 2.47. The number of anilines is 1. The number of carboxylic acid groups (broad SMARTS) is 1. The second kappa shape index (κ2) is 3.23. The van der Waals surface area contributed by atoms with Gasteiger partial charge < -0.3 is 5.11 Å². The Morgan fingerprint density at radius 1 is 1.50 bits per heavy atom. The molecule has 4 heteroatoms. The van der Waals surface area contributed by atoms with Gasteiger partial charge in [0.15, 0.2) is 0 Å². The molecule has 64 valence electrons. The summed E-state index contributed by atoms with van der Waals surface area (Å²) in [6.45, 7) is 1.79. The number of aryl methyl sites for hydroxylation is 1. The molecule has 0 fully saturated rings. The first-order valence-electron chi connectivity index (χ1n) is 3.39. The molecule has 0 saturated carbocycles. The minimum Gasteiger partial charge on any atom is -0.478 e. The van der Waals surface area contributed by atoms with Crippen LogP contribution in [0.15, 0.2) is 18.2 Å². The van der Waals surface area contributed by atoms with Crippen LogP contribution >= 0.6 is 0 Å². The van der Waals surface area contributed by atoms with E-state index in [9.17, 15) is 4.79 Å². The first-order valence-corrected chi connectivity index (χ1v) is 3.39. The van der Waals surface area contributed by atoms with Gasteiger partial charge in [0.25, 0.3) is 0 Å². The Hall–Kier alpha value is -1.55. The predicted octanol–water partition coefficient (Wildman–Crippen LogP) is 1.49. The Bertz CT molecular complexity index is 309. The molecule has 0 amide bonds. The molecule has 0 radical (unpaired) electrons. The van der Waals surface area contributed by atoms with E-state index in [4.69, 9.17) is 10.3 Å². The summed E-state index contributed by atoms with van der Waals surface area (Å²) in [6, 6.07) is 4.71. The lowest BCUT2D eigenvalue weighted by Gasteiger charge is -2.03. The Morgan fingerprint density at radius 3 is 2.67 bits per heavy atom. The smallest absolute Gasteiger partial charge is 0.337 e. The Kier molecular flexibility index (Phi) is 2.30. The maximum absolute atomic E-state index is 10.6. The van der Waals surface area contributed by atoms with Gasteiger partial charge in [-0.1, -0.05) is 11.6 Å². The number of benzene rings is 1. The van der Waals surface area contributed by atoms with Gasteiger partial charge in [0.2, 0.25) is 0 Å². The predicted molar refractivity (Wildman–Crippen MR) is 43.5 cm³/mol. The van der Waals surface area contributed by atoms with E-state index in [1.54, 1.807) is 13.0 Å². The highest BCUT2D eigenvalue weighted by Gasteiger charge is 2.08. The number of rotatable bonds is 2. The number of nitrogens with one attached hydrogen (secondary N) is 1. The molecule has 1 aromatic rings. The topological polar surface area (TPSA) is 69.6 Å². The summed E-state index contributed by atoms with van der Waals surface area (Å²) in [6.07, 6.45) is 0. The van der Waals surface area contributed by atoms with Crippen LogP contribution in [0.2, 0.25) is 0 Å². The minimum absolute atomic E-state index is 0.0671. The summed E-state index contributed by atoms with van der Waals surface area (Å²) < 4.78 is 0. The molecule has 4 nitrogen and oxygen atoms in total. The molecule has 1 rings (SSSR count). The van der Waals surface area contributed by atoms with Crippen molar-refractivity contribution in [2.75, 3.05) is 5.48 Å². The van der Waals surface area contributed by atoms with Crippen molar-refractivity contribution >= 4 is 11.7 Å². The Balaban J connectivity index is 3.21. The molecule has 12 heavy (non-hydrogen) atoms. The summed E-state index contributed by atoms with van der Waals surface area (Å²) >= 11 is 0. The van der Waals surface area contributed by atoms with Crippen molar-refractivity contribution in [3.8, 4) is 0 Å². The number of hydrogen-bond acceptors (Lipinski definition) is 3. The highest BCUT2D eigenvalue weighted by Crippen LogP contribution is 2.16. The monoisotopic (exact) mass is 167 g/mol. The lowest BCUT2D eigenvalue weighted by Crippen LogP contribution is -2.03. The molecule has 0 spiro atoms. The minimum atomic E-state index is -1.06. The lowest BCUT2D eigenvalue weighted by atomic mass is 10.1. The van der Waals surface area contributed by atoms with Crippen molar-refractivity contribution in [1.29, 1.82) is 0 Å². The van der Waals surface area contributed by atoms with Gasteiger partial charge in [0, 0.05) is 0 Å². The highest BCUT2D eigenvalue weighted by molar-refractivity contribution is 5.94. The zero-order valence-corrected chi connectivity index (χ0v) is 6.53. The second-order valence-electron chi connectivity index (χ2n) is 2.47. The average molecular weight is 167 g/mol. The van der Waals surface area contributed by atoms with E-state index >= 15 is 0 Å². The van der Waals surface area contributed by atoms with Crippen LogP contribution in [0.4, 0.5) is 5.69 Å². The van der Waals surface area contributed by atoms with Crippen molar-refractivity contribution in [2.24, 2.45) is 0 Å². The molecule has 0 atom stereocenters. The van der Waals surface area contributed by atoms with E-state index in [2.05, 4.69) is 0 Å². The molecule has 0 heterocycles. The van der Waals surface area contributed by atoms with Crippen LogP contribution in [-0.2, 0) is 0 Å². The summed E-state index contributed by atoms with van der Waals surface area (Å²) in [5, 5.41) is 17.2. The van der Waals surface area contributed by atoms with Gasteiger partial charge in [-0.3, -0.25) is 10.7 Å². The van der Waals surface area contributed by atoms with E-state index in [-0.39, 0.29) is 11.3 Å². The van der Waals surface area contributed by atoms with Gasteiger partial charge in [-0.25, -0.2) is 4.79 Å². The molecule has 0 aromatic heterocycles. The quantitative estimate of drug-likeness (QED) is 0.584. The fraction of sp³-hybridized carbons (Fsp3) is 0.125. The standard InChI is InChI=1S/C8H9NO3/c1-5-2-3-7(9-12)6(4-5)8(10)11/h2-4,9,12H,1H3,(H,10,11). The Labute approximate surface area is 69.4 Å². The van der Waals surface area contributed by atoms with Crippen molar-refractivity contribution in [3.63, 3.8) is 0 Å². The number of aromatic carboxylic acids is 1. The van der Waals surface area contributed by atoms with Crippen LogP contribution in [0.3, 0.4) is 0 Å². The fourth-order valence-corrected chi connectivity index (χ4v) is 0.933. The van der Waals surface area contributed by atoms with Crippen molar-refractivity contribution in [1.82, 2.24) is 0 Å². The van der Waals surface area contributed by atoms with Gasteiger partial charge in [-0.05, 0) is 19.1 Å². The zero-order valence-electron chi connectivity index (χ0n) is 6.53. The van der Waals surface area contributed by atoms with E-state index in [1.807, 2.05) is 5.48 Å². The summed E-state index contributed by atoms with van der Waals surface area (Å²) in [4.78, 5) is 10.6. The van der Waals surface area contributed by atoms with E-state index in [1.165, 1.54) is 12.1 Å². The van der Waals surface area contributed by atoms with Crippen LogP contribution in [0.5, 0.6) is 0 Å². The molecule has 0 unspecified atom stereocenters. The van der Waals surface area contributed by atoms with Crippen LogP contribution in [0, 0.1) is 6.92 Å². The third-order valence-electron chi connectivity index (χ3n) is 1.53. The summed E-state index contributed by atoms with van der Waals surface area (Å²) in [7, 11) is 0. The van der Waals surface area contributed by atoms with E-state index in [0.29, 0.717) is 0 Å². The van der Waals surface area contributed by atoms with Gasteiger partial charge >= 0.3 is 5.97 Å². The highest BCUT2D eigenvalue weighted by atomic mass is 16.5. The van der Waals surface area contributed by atoms with Gasteiger partial charge in [0.05, 0.1) is 11.3 Å². The van der Waals surface area contributed by atoms with Gasteiger partial charge in [0.1, 0.15) is 0 Å². The number of hydrogen-bond donors (Lipinski definition) is 3. The molecular weight excluding hydrogens is 158 g/mol. The molecule has 3 N–H and O–H groups in total. The number of carboxylic acids is 1.